The lowest BCUT2D eigenvalue weighted by Gasteiger charge is -2.29. The van der Waals surface area contributed by atoms with Gasteiger partial charge in [-0.2, -0.15) is 0 Å². The van der Waals surface area contributed by atoms with E-state index in [1.807, 2.05) is 27.7 Å². The third-order valence-corrected chi connectivity index (χ3v) is 8.71. The monoisotopic (exact) mass is 750 g/mol. The third-order valence-electron chi connectivity index (χ3n) is 8.71. The number of imide groups is 2. The van der Waals surface area contributed by atoms with Gasteiger partial charge in [-0.25, -0.2) is 9.59 Å². The molecule has 1 saturated heterocycles. The molecule has 1 fully saturated rings. The summed E-state index contributed by atoms with van der Waals surface area (Å²) in [6.45, 7) is 8.00. The van der Waals surface area contributed by atoms with Gasteiger partial charge < -0.3 is 20.1 Å². The van der Waals surface area contributed by atoms with Gasteiger partial charge in [-0.1, -0.05) is 52.0 Å². The van der Waals surface area contributed by atoms with Crippen molar-refractivity contribution in [2.24, 2.45) is 0 Å². The van der Waals surface area contributed by atoms with Crippen LogP contribution in [0.4, 0.5) is 0 Å². The fraction of sp³-hybridized carbons (Fsp3) is 0.220. The van der Waals surface area contributed by atoms with Crippen molar-refractivity contribution in [1.29, 1.82) is 0 Å². The van der Waals surface area contributed by atoms with Gasteiger partial charge in [0.2, 0.25) is 11.8 Å². The highest BCUT2D eigenvalue weighted by molar-refractivity contribution is 6.22. The largest absolute Gasteiger partial charge is 0.423 e. The molecule has 0 aromatic heterocycles. The van der Waals surface area contributed by atoms with E-state index in [0.717, 1.165) is 4.90 Å². The average molecular weight is 751 g/mol. The van der Waals surface area contributed by atoms with Crippen molar-refractivity contribution in [3.05, 3.63) is 129 Å². The van der Waals surface area contributed by atoms with Gasteiger partial charge in [0, 0.05) is 22.7 Å². The molecule has 6 amide bonds. The summed E-state index contributed by atoms with van der Waals surface area (Å²) in [6.07, 6.45) is 0.357. The number of piperazine rings is 1. The lowest BCUT2D eigenvalue weighted by Crippen LogP contribution is -2.62. The summed E-state index contributed by atoms with van der Waals surface area (Å²) in [5.74, 6) is -3.80. The zero-order valence-corrected chi connectivity index (χ0v) is 30.7. The Morgan fingerprint density at radius 3 is 1.44 bits per heavy atom. The summed E-state index contributed by atoms with van der Waals surface area (Å²) in [5.41, 5.74) is 2.22. The highest BCUT2D eigenvalue weighted by atomic mass is 16.5. The molecule has 0 aliphatic carbocycles. The van der Waals surface area contributed by atoms with Crippen LogP contribution in [0.1, 0.15) is 104 Å². The summed E-state index contributed by atoms with van der Waals surface area (Å²) >= 11 is 0. The van der Waals surface area contributed by atoms with Crippen LogP contribution in [-0.2, 0) is 22.4 Å². The van der Waals surface area contributed by atoms with Crippen LogP contribution in [0, 0.1) is 0 Å². The number of nitrogens with one attached hydrogen (secondary N) is 3. The minimum atomic E-state index is -0.836. The first-order chi connectivity index (χ1) is 26.4. The lowest BCUT2D eigenvalue weighted by molar-refractivity contribution is -0.136. The van der Waals surface area contributed by atoms with Gasteiger partial charge in [-0.15, -0.1) is 0 Å². The van der Waals surface area contributed by atoms with E-state index >= 15 is 0 Å². The quantitative estimate of drug-likeness (QED) is 0.131. The fourth-order valence-electron chi connectivity index (χ4n) is 5.94. The number of amides is 6. The number of hydrogen-bond acceptors (Lipinski definition) is 10. The molecule has 286 valence electrons. The second kappa shape index (κ2) is 16.8. The van der Waals surface area contributed by atoms with Crippen molar-refractivity contribution in [3.63, 3.8) is 0 Å². The number of hydrogen-bond donors (Lipinski definition) is 3. The molecule has 3 aliphatic heterocycles. The van der Waals surface area contributed by atoms with Crippen molar-refractivity contribution in [2.45, 2.75) is 52.6 Å². The predicted molar refractivity (Wildman–Crippen MR) is 202 cm³/mol. The number of carbonyl (C=O) groups excluding carboxylic acids is 8. The van der Waals surface area contributed by atoms with Crippen LogP contribution in [0.5, 0.6) is 11.5 Å². The molecule has 7 rings (SSSR count). The zero-order valence-electron chi connectivity index (χ0n) is 30.7. The Labute approximate surface area is 319 Å². The number of esters is 2. The summed E-state index contributed by atoms with van der Waals surface area (Å²) in [7, 11) is 1.37. The molecular weight excluding hydrogens is 708 g/mol. The van der Waals surface area contributed by atoms with E-state index in [2.05, 4.69) is 16.0 Å². The van der Waals surface area contributed by atoms with E-state index in [1.165, 1.54) is 55.6 Å². The maximum absolute atomic E-state index is 12.9. The number of carbonyl (C=O) groups is 8. The molecule has 0 saturated carbocycles. The fourth-order valence-corrected chi connectivity index (χ4v) is 5.94. The molecule has 0 spiro atoms. The highest BCUT2D eigenvalue weighted by Crippen LogP contribution is 2.25. The molecule has 0 bridgehead atoms. The number of benzene rings is 4. The van der Waals surface area contributed by atoms with Crippen molar-refractivity contribution in [1.82, 2.24) is 20.9 Å². The molecule has 0 radical (unpaired) electrons. The van der Waals surface area contributed by atoms with Crippen LogP contribution >= 0.6 is 0 Å². The van der Waals surface area contributed by atoms with Gasteiger partial charge in [0.1, 0.15) is 23.6 Å². The van der Waals surface area contributed by atoms with Gasteiger partial charge in [0.15, 0.2) is 0 Å². The Kier molecular flexibility index (Phi) is 12.0. The van der Waals surface area contributed by atoms with E-state index in [-0.39, 0.29) is 72.4 Å². The predicted octanol–water partition coefficient (Wildman–Crippen LogP) is 4.55. The van der Waals surface area contributed by atoms with Gasteiger partial charge >= 0.3 is 11.9 Å². The molecule has 14 heteroatoms. The first-order valence-corrected chi connectivity index (χ1v) is 17.6. The maximum atomic E-state index is 12.9. The summed E-state index contributed by atoms with van der Waals surface area (Å²) < 4.78 is 10.8. The van der Waals surface area contributed by atoms with Crippen molar-refractivity contribution in [3.8, 4) is 11.5 Å². The number of nitrogens with zero attached hydrogens (tertiary/aromatic N) is 1. The van der Waals surface area contributed by atoms with Gasteiger partial charge in [-0.05, 0) is 71.8 Å². The first kappa shape index (κ1) is 39.3. The second-order valence-corrected chi connectivity index (χ2v) is 12.1. The van der Waals surface area contributed by atoms with Crippen LogP contribution in [0.15, 0.2) is 84.9 Å². The van der Waals surface area contributed by atoms with Crippen molar-refractivity contribution in [2.75, 3.05) is 7.05 Å². The minimum absolute atomic E-state index is 0. The Morgan fingerprint density at radius 1 is 0.564 bits per heavy atom. The van der Waals surface area contributed by atoms with Crippen molar-refractivity contribution >= 4 is 47.4 Å². The number of fused-ring (bicyclic) bond motifs is 2. The van der Waals surface area contributed by atoms with E-state index in [0.29, 0.717) is 11.1 Å². The minimum Gasteiger partial charge on any atom is -0.423 e. The van der Waals surface area contributed by atoms with Gasteiger partial charge in [0.05, 0.1) is 33.4 Å². The van der Waals surface area contributed by atoms with Gasteiger partial charge in [0.25, 0.3) is 23.6 Å². The third kappa shape index (κ3) is 8.33. The molecule has 4 aromatic carbocycles. The zero-order chi connectivity index (χ0) is 40.0. The molecule has 14 nitrogen and oxygen atoms in total. The van der Waals surface area contributed by atoms with E-state index in [9.17, 15) is 38.4 Å². The Morgan fingerprint density at radius 2 is 0.964 bits per heavy atom. The second-order valence-electron chi connectivity index (χ2n) is 12.1. The Bertz CT molecular complexity index is 2230. The van der Waals surface area contributed by atoms with Crippen LogP contribution in [0.25, 0.3) is 0 Å². The Balaban J connectivity index is 0.00000141. The molecule has 2 atom stereocenters. The Hall–Kier alpha value is -6.96. The molecule has 55 heavy (non-hydrogen) atoms. The summed E-state index contributed by atoms with van der Waals surface area (Å²) in [6, 6.07) is 19.3. The van der Waals surface area contributed by atoms with Crippen LogP contribution in [0.2, 0.25) is 0 Å². The van der Waals surface area contributed by atoms with E-state index < -0.39 is 47.7 Å². The molecule has 3 N–H and O–H groups in total. The van der Waals surface area contributed by atoms with E-state index in [4.69, 9.17) is 9.47 Å². The smallest absolute Gasteiger partial charge is 0.343 e. The average Bonchev–Trinajstić information content (AvgIpc) is 3.61. The van der Waals surface area contributed by atoms with Gasteiger partial charge in [-0.3, -0.25) is 39.0 Å². The maximum Gasteiger partial charge on any atom is 0.343 e. The number of rotatable bonds is 8. The van der Waals surface area contributed by atoms with Crippen LogP contribution < -0.4 is 25.4 Å². The van der Waals surface area contributed by atoms with Crippen molar-refractivity contribution < 1.29 is 50.7 Å². The molecule has 4 aromatic rings. The SMILES string of the molecule is CC.CC.CN1C(=O)c2ccc(C(=O)Oc3ccc(CC4NC(=O)C(Cc5ccc(OC(=O)c6ccc7c(c6)C(=O)NC7=O)cc5)NC4=O)cc3)cc2C1=O.[HH].[HH]. The molecular formula is C41H42N4O10. The first-order valence-electron chi connectivity index (χ1n) is 17.6. The molecule has 3 aliphatic rings. The molecule has 2 unspecified atom stereocenters. The highest BCUT2D eigenvalue weighted by Gasteiger charge is 2.35. The van der Waals surface area contributed by atoms with E-state index in [1.54, 1.807) is 36.4 Å². The standard InChI is InChI=1S/C37H26N4O10.2C2H6.2H2/c1-41-34(46)25-13-7-21(17-27(25)35(41)47)37(49)51-23-10-4-19(5-11-23)15-29-33(45)38-28(32(44)39-29)14-18-2-8-22(9-3-18)50-36(48)20-6-12-24-26(16-20)31(43)40-30(24)42;2*1-2;;/h2-13,16-17,28-29H,14-15H2,1H3,(H,38,45)(H,39,44)(H,40,42,43);2*1-2H3;2*1H. The topological polar surface area (TPSA) is 194 Å². The lowest BCUT2D eigenvalue weighted by atomic mass is 9.98. The van der Waals surface area contributed by atoms with Crippen LogP contribution in [-0.4, -0.2) is 71.4 Å². The summed E-state index contributed by atoms with van der Waals surface area (Å²) in [5, 5.41) is 7.67. The summed E-state index contributed by atoms with van der Waals surface area (Å²) in [4.78, 5) is 100. The number of ether oxygens (including phenoxy) is 2. The van der Waals surface area contributed by atoms with Crippen LogP contribution in [0.3, 0.4) is 0 Å². The molecule has 3 heterocycles. The normalized spacial score (nSPS) is 16.6.